The molecule has 2 N–H and O–H groups in total. The molecule has 49 heavy (non-hydrogen) atoms. The number of amides is 1. The first-order chi connectivity index (χ1) is 23.7. The Morgan fingerprint density at radius 1 is 1.08 bits per heavy atom. The molecule has 1 aliphatic carbocycles. The molecule has 2 bridgehead atoms. The maximum Gasteiger partial charge on any atom is 0.336 e. The molecule has 8 rings (SSSR count). The quantitative estimate of drug-likeness (QED) is 0.222. The zero-order valence-corrected chi connectivity index (χ0v) is 28.9. The van der Waals surface area contributed by atoms with Crippen LogP contribution in [0.5, 0.6) is 11.5 Å². The van der Waals surface area contributed by atoms with Crippen LogP contribution < -0.4 is 14.4 Å². The van der Waals surface area contributed by atoms with Crippen LogP contribution in [0.15, 0.2) is 42.0 Å². The number of unbranched alkanes of at least 4 members (excludes halogenated alkanes) is 3. The van der Waals surface area contributed by atoms with Crippen molar-refractivity contribution in [3.8, 4) is 11.5 Å². The van der Waals surface area contributed by atoms with Gasteiger partial charge < -0.3 is 29.3 Å². The Hall–Kier alpha value is -3.89. The normalized spacial score (nSPS) is 29.2. The van der Waals surface area contributed by atoms with Crippen LogP contribution in [-0.4, -0.2) is 85.1 Å². The van der Waals surface area contributed by atoms with Gasteiger partial charge in [0.2, 0.25) is 5.91 Å². The second kappa shape index (κ2) is 13.1. The van der Waals surface area contributed by atoms with Crippen LogP contribution in [0.2, 0.25) is 0 Å². The van der Waals surface area contributed by atoms with Gasteiger partial charge >= 0.3 is 11.9 Å². The number of fused-ring (bicyclic) bond motifs is 2. The minimum absolute atomic E-state index is 0.0242. The minimum Gasteiger partial charge on any atom is -0.493 e. The van der Waals surface area contributed by atoms with E-state index in [1.54, 1.807) is 31.9 Å². The fourth-order valence-corrected chi connectivity index (χ4v) is 10.3. The van der Waals surface area contributed by atoms with Gasteiger partial charge in [0.15, 0.2) is 11.5 Å². The minimum atomic E-state index is -1.19. The number of anilines is 1. The van der Waals surface area contributed by atoms with E-state index in [4.69, 9.17) is 19.3 Å². The summed E-state index contributed by atoms with van der Waals surface area (Å²) in [6, 6.07) is 9.56. The Morgan fingerprint density at radius 3 is 2.57 bits per heavy atom. The van der Waals surface area contributed by atoms with E-state index in [9.17, 15) is 19.5 Å². The number of piperidine rings is 2. The van der Waals surface area contributed by atoms with Crippen molar-refractivity contribution in [1.29, 1.82) is 0 Å². The highest BCUT2D eigenvalue weighted by Gasteiger charge is 2.71. The summed E-state index contributed by atoms with van der Waals surface area (Å²) >= 11 is 0. The van der Waals surface area contributed by atoms with Gasteiger partial charge in [-0.1, -0.05) is 63.3 Å². The first-order valence-electron chi connectivity index (χ1n) is 17.9. The van der Waals surface area contributed by atoms with Gasteiger partial charge in [-0.15, -0.1) is 0 Å². The molecule has 1 amide bonds. The molecule has 7 atom stereocenters. The summed E-state index contributed by atoms with van der Waals surface area (Å²) in [6.45, 7) is 6.90. The average molecular weight is 673 g/mol. The number of ether oxygens (including phenoxy) is 3. The lowest BCUT2D eigenvalue weighted by molar-refractivity contribution is -0.132. The maximum atomic E-state index is 13.5. The second-order valence-electron chi connectivity index (χ2n) is 14.6. The molecule has 1 spiro atoms. The molecule has 4 fully saturated rings. The van der Waals surface area contributed by atoms with Crippen molar-refractivity contribution in [2.24, 2.45) is 11.8 Å². The van der Waals surface area contributed by atoms with Crippen LogP contribution >= 0.6 is 0 Å². The SMILES string of the molecule is CCCCCC[C@H](C)c1cccc(C(=O)O)c1C(=O)O.COc1cc2c(cc1OC)[C@@]13CCN4CC5=CCO[C@H]6CC(=O)N2[C@@H]1[C@H]6[C@H]5C[C@H]43. The number of benzene rings is 2. The molecule has 1 saturated carbocycles. The predicted molar refractivity (Wildman–Crippen MR) is 184 cm³/mol. The van der Waals surface area contributed by atoms with Gasteiger partial charge in [0.1, 0.15) is 0 Å². The number of carbonyl (C=O) groups excluding carboxylic acids is 1. The van der Waals surface area contributed by atoms with Gasteiger partial charge in [0.25, 0.3) is 0 Å². The van der Waals surface area contributed by atoms with Gasteiger partial charge in [-0.25, -0.2) is 9.59 Å². The molecule has 5 aliphatic heterocycles. The number of hydrogen-bond acceptors (Lipinski definition) is 7. The van der Waals surface area contributed by atoms with E-state index in [2.05, 4.69) is 28.9 Å². The Bertz CT molecular complexity index is 1690. The van der Waals surface area contributed by atoms with Crippen LogP contribution in [0.3, 0.4) is 0 Å². The number of methoxy groups -OCH3 is 2. The second-order valence-corrected chi connectivity index (χ2v) is 14.6. The number of aromatic carboxylic acids is 2. The topological polar surface area (TPSA) is 126 Å². The van der Waals surface area contributed by atoms with Crippen molar-refractivity contribution in [3.63, 3.8) is 0 Å². The molecule has 10 heteroatoms. The highest BCUT2D eigenvalue weighted by molar-refractivity contribution is 6.03. The van der Waals surface area contributed by atoms with E-state index in [1.807, 2.05) is 13.0 Å². The summed E-state index contributed by atoms with van der Waals surface area (Å²) in [5.74, 6) is 0.267. The average Bonchev–Trinajstić information content (AvgIpc) is 3.56. The third kappa shape index (κ3) is 5.25. The zero-order chi connectivity index (χ0) is 34.6. The number of carbonyl (C=O) groups is 3. The number of rotatable bonds is 10. The van der Waals surface area contributed by atoms with Gasteiger partial charge in [-0.2, -0.15) is 0 Å². The molecule has 2 aromatic rings. The van der Waals surface area contributed by atoms with Crippen molar-refractivity contribution >= 4 is 23.5 Å². The molecule has 6 aliphatic rings. The first-order valence-corrected chi connectivity index (χ1v) is 17.9. The standard InChI is InChI=1S/C23H26N2O4.C16H22O4/c1-27-16-8-14-15(9-17(16)28-2)25-20(26)10-18-21-13-7-19-23(14,22(21)25)4-5-24(19)11-12(13)3-6-29-18;1-3-4-5-6-8-11(2)12-9-7-10-13(15(17)18)14(12)16(19)20/h3,8-9,13,18-19,21-22H,4-7,10-11H2,1-2H3;7,9-11H,3-6,8H2,1-2H3,(H,17,18)(H,19,20)/t13-,18-,19-,21-,22+,23+;11-/m00/s1. The highest BCUT2D eigenvalue weighted by atomic mass is 16.5. The van der Waals surface area contributed by atoms with E-state index >= 15 is 0 Å². The summed E-state index contributed by atoms with van der Waals surface area (Å²) in [5, 5.41) is 18.4. The fourth-order valence-electron chi connectivity index (χ4n) is 10.3. The number of hydrogen-bond donors (Lipinski definition) is 2. The summed E-state index contributed by atoms with van der Waals surface area (Å²) in [4.78, 5) is 40.8. The van der Waals surface area contributed by atoms with Gasteiger partial charge in [0, 0.05) is 30.0 Å². The summed E-state index contributed by atoms with van der Waals surface area (Å²) < 4.78 is 17.6. The molecule has 0 radical (unpaired) electrons. The third-order valence-corrected chi connectivity index (χ3v) is 12.4. The lowest BCUT2D eigenvalue weighted by Crippen LogP contribution is -2.69. The smallest absolute Gasteiger partial charge is 0.336 e. The van der Waals surface area contributed by atoms with Crippen molar-refractivity contribution < 1.29 is 38.8 Å². The number of nitrogens with zero attached hydrogens (tertiary/aromatic N) is 2. The van der Waals surface area contributed by atoms with Crippen LogP contribution in [-0.2, 0) is 14.9 Å². The fraction of sp³-hybridized carbons (Fsp3) is 0.564. The van der Waals surface area contributed by atoms with E-state index in [1.165, 1.54) is 24.5 Å². The van der Waals surface area contributed by atoms with Crippen LogP contribution in [0.1, 0.15) is 103 Å². The van der Waals surface area contributed by atoms with Crippen molar-refractivity contribution in [3.05, 3.63) is 64.2 Å². The van der Waals surface area contributed by atoms with E-state index in [-0.39, 0.29) is 40.5 Å². The van der Waals surface area contributed by atoms with E-state index < -0.39 is 11.9 Å². The molecular formula is C39H48N2O8. The lowest BCUT2D eigenvalue weighted by atomic mass is 9.53. The largest absolute Gasteiger partial charge is 0.493 e. The Labute approximate surface area is 288 Å². The number of carboxylic acid groups (broad SMARTS) is 2. The summed E-state index contributed by atoms with van der Waals surface area (Å²) in [6.07, 6.45) is 10.5. The number of carboxylic acids is 2. The predicted octanol–water partition coefficient (Wildman–Crippen LogP) is 6.27. The molecule has 10 nitrogen and oxygen atoms in total. The van der Waals surface area contributed by atoms with Crippen LogP contribution in [0.25, 0.3) is 0 Å². The Balaban J connectivity index is 0.000000168. The van der Waals surface area contributed by atoms with Crippen LogP contribution in [0, 0.1) is 11.8 Å². The van der Waals surface area contributed by atoms with Crippen molar-refractivity contribution in [1.82, 2.24) is 4.90 Å². The lowest BCUT2D eigenvalue weighted by Gasteiger charge is -2.58. The first kappa shape index (κ1) is 33.6. The maximum absolute atomic E-state index is 13.5. The van der Waals surface area contributed by atoms with Gasteiger partial charge in [-0.3, -0.25) is 9.69 Å². The van der Waals surface area contributed by atoms with Crippen molar-refractivity contribution in [2.45, 2.75) is 94.7 Å². The van der Waals surface area contributed by atoms with Gasteiger partial charge in [-0.05, 0) is 60.9 Å². The molecule has 0 aromatic heterocycles. The van der Waals surface area contributed by atoms with Gasteiger partial charge in [0.05, 0.1) is 56.2 Å². The van der Waals surface area contributed by atoms with Crippen LogP contribution in [0.4, 0.5) is 5.69 Å². The Kier molecular flexibility index (Phi) is 8.98. The Morgan fingerprint density at radius 2 is 1.86 bits per heavy atom. The molecule has 262 valence electrons. The van der Waals surface area contributed by atoms with Crippen molar-refractivity contribution in [2.75, 3.05) is 38.8 Å². The molecule has 5 heterocycles. The third-order valence-electron chi connectivity index (χ3n) is 12.4. The highest BCUT2D eigenvalue weighted by Crippen LogP contribution is 2.66. The summed E-state index contributed by atoms with van der Waals surface area (Å²) in [5.41, 5.74) is 4.28. The zero-order valence-electron chi connectivity index (χ0n) is 28.9. The molecule has 3 saturated heterocycles. The molecule has 0 unspecified atom stereocenters. The monoisotopic (exact) mass is 672 g/mol. The van der Waals surface area contributed by atoms with E-state index in [0.717, 1.165) is 56.6 Å². The molecule has 2 aromatic carbocycles. The molecular weight excluding hydrogens is 624 g/mol. The van der Waals surface area contributed by atoms with E-state index in [0.29, 0.717) is 42.2 Å². The summed E-state index contributed by atoms with van der Waals surface area (Å²) in [7, 11) is 3.36.